The number of hydrogen-bond donors (Lipinski definition) is 0. The first-order chi connectivity index (χ1) is 28.6. The maximum absolute atomic E-state index is 9.93. The number of para-hydroxylation sites is 1. The maximum atomic E-state index is 9.93. The van der Waals surface area contributed by atoms with E-state index in [-0.39, 0.29) is 0 Å². The highest BCUT2D eigenvalue weighted by Gasteiger charge is 2.19. The summed E-state index contributed by atoms with van der Waals surface area (Å²) in [6.45, 7) is 0. The minimum Gasteiger partial charge on any atom is -0.309 e. The van der Waals surface area contributed by atoms with Crippen LogP contribution in [0, 0.1) is 45.3 Å². The SMILES string of the molecule is N#Cc1ccc2c(c1)c1cc(C#N)ccc1n2-c1ccc2c(c1)c1ccccc1n2-c1ccc(-c2cc(-c3ccccc3C#N)nc(-c3ccccc3C#N)n2)cc1. The largest absolute Gasteiger partial charge is 0.309 e. The third-order valence-corrected chi connectivity index (χ3v) is 10.7. The van der Waals surface area contributed by atoms with Crippen molar-refractivity contribution in [3.8, 4) is 69.6 Å². The van der Waals surface area contributed by atoms with Gasteiger partial charge in [0.05, 0.1) is 80.0 Å². The predicted molar refractivity (Wildman–Crippen MR) is 226 cm³/mol. The van der Waals surface area contributed by atoms with Crippen molar-refractivity contribution in [3.63, 3.8) is 0 Å². The van der Waals surface area contributed by atoms with Gasteiger partial charge in [-0.3, -0.25) is 0 Å². The third-order valence-electron chi connectivity index (χ3n) is 10.7. The molecular formula is C50H26N8. The molecule has 0 N–H and O–H groups in total. The molecule has 0 fully saturated rings. The van der Waals surface area contributed by atoms with E-state index in [1.165, 1.54) is 0 Å². The lowest BCUT2D eigenvalue weighted by Crippen LogP contribution is -1.99. The topological polar surface area (TPSA) is 131 Å². The van der Waals surface area contributed by atoms with E-state index in [1.54, 1.807) is 12.1 Å². The maximum Gasteiger partial charge on any atom is 0.161 e. The highest BCUT2D eigenvalue weighted by Crippen LogP contribution is 2.38. The number of aromatic nitrogens is 4. The zero-order valence-corrected chi connectivity index (χ0v) is 30.6. The Morgan fingerprint density at radius 3 is 1.53 bits per heavy atom. The molecule has 0 saturated heterocycles. The van der Waals surface area contributed by atoms with Crippen LogP contribution >= 0.6 is 0 Å². The van der Waals surface area contributed by atoms with Crippen molar-refractivity contribution in [2.24, 2.45) is 0 Å². The Morgan fingerprint density at radius 2 is 0.879 bits per heavy atom. The first-order valence-electron chi connectivity index (χ1n) is 18.5. The minimum absolute atomic E-state index is 0.402. The number of hydrogen-bond acceptors (Lipinski definition) is 6. The summed E-state index contributed by atoms with van der Waals surface area (Å²) in [5.41, 5.74) is 11.4. The highest BCUT2D eigenvalue weighted by molar-refractivity contribution is 6.12. The van der Waals surface area contributed by atoms with Crippen LogP contribution in [0.25, 0.3) is 88.9 Å². The molecule has 0 bridgehead atoms. The van der Waals surface area contributed by atoms with Crippen molar-refractivity contribution in [1.82, 2.24) is 19.1 Å². The summed E-state index contributed by atoms with van der Waals surface area (Å²) < 4.78 is 4.45. The number of benzene rings is 7. The van der Waals surface area contributed by atoms with E-state index >= 15 is 0 Å². The third kappa shape index (κ3) is 5.35. The fourth-order valence-corrected chi connectivity index (χ4v) is 8.03. The van der Waals surface area contributed by atoms with Gasteiger partial charge < -0.3 is 9.13 Å². The van der Waals surface area contributed by atoms with Gasteiger partial charge in [0.2, 0.25) is 0 Å². The standard InChI is InChI=1S/C50H26N8/c51-27-31-13-20-47-41(23-31)42-24-32(28-52)14-21-48(42)58(47)37-19-22-49-43(25-37)40-11-5-6-12-46(40)57(49)36-17-15-33(16-18-36)44-26-45(38-9-3-1-7-34(38)29-53)56-50(55-44)39-10-4-2-8-35(39)30-54/h1-26H. The lowest BCUT2D eigenvalue weighted by molar-refractivity contribution is 1.16. The van der Waals surface area contributed by atoms with Crippen LogP contribution in [0.1, 0.15) is 22.3 Å². The first kappa shape index (κ1) is 33.7. The molecule has 0 amide bonds. The summed E-state index contributed by atoms with van der Waals surface area (Å²) in [5.74, 6) is 0.402. The summed E-state index contributed by atoms with van der Waals surface area (Å²) in [6, 6.07) is 60.0. The van der Waals surface area contributed by atoms with Crippen LogP contribution in [0.3, 0.4) is 0 Å². The zero-order chi connectivity index (χ0) is 39.3. The number of fused-ring (bicyclic) bond motifs is 6. The van der Waals surface area contributed by atoms with E-state index in [0.29, 0.717) is 50.6 Å². The summed E-state index contributed by atoms with van der Waals surface area (Å²) in [6.07, 6.45) is 0. The minimum atomic E-state index is 0.402. The first-order valence-corrected chi connectivity index (χ1v) is 18.5. The molecule has 58 heavy (non-hydrogen) atoms. The second kappa shape index (κ2) is 13.5. The van der Waals surface area contributed by atoms with Crippen LogP contribution < -0.4 is 0 Å². The van der Waals surface area contributed by atoms with Crippen molar-refractivity contribution in [2.45, 2.75) is 0 Å². The highest BCUT2D eigenvalue weighted by atomic mass is 15.0. The Hall–Kier alpha value is -8.82. The van der Waals surface area contributed by atoms with Crippen LogP contribution in [0.15, 0.2) is 158 Å². The molecule has 0 aliphatic rings. The van der Waals surface area contributed by atoms with E-state index < -0.39 is 0 Å². The van der Waals surface area contributed by atoms with Crippen molar-refractivity contribution in [1.29, 1.82) is 21.0 Å². The van der Waals surface area contributed by atoms with Crippen molar-refractivity contribution in [2.75, 3.05) is 0 Å². The van der Waals surface area contributed by atoms with E-state index in [1.807, 2.05) is 103 Å². The summed E-state index contributed by atoms with van der Waals surface area (Å²) >= 11 is 0. The molecule has 0 aliphatic carbocycles. The van der Waals surface area contributed by atoms with Gasteiger partial charge in [-0.1, -0.05) is 60.7 Å². The molecule has 8 nitrogen and oxygen atoms in total. The van der Waals surface area contributed by atoms with Gasteiger partial charge in [0.1, 0.15) is 0 Å². The molecule has 0 radical (unpaired) electrons. The average Bonchev–Trinajstić information content (AvgIpc) is 3.80. The van der Waals surface area contributed by atoms with Gasteiger partial charge in [0, 0.05) is 49.6 Å². The van der Waals surface area contributed by atoms with Gasteiger partial charge in [-0.2, -0.15) is 21.0 Å². The van der Waals surface area contributed by atoms with Gasteiger partial charge in [-0.25, -0.2) is 9.97 Å². The fourth-order valence-electron chi connectivity index (χ4n) is 8.03. The van der Waals surface area contributed by atoms with E-state index in [4.69, 9.17) is 9.97 Å². The van der Waals surface area contributed by atoms with Crippen LogP contribution in [-0.4, -0.2) is 19.1 Å². The lowest BCUT2D eigenvalue weighted by atomic mass is 10.0. The smallest absolute Gasteiger partial charge is 0.161 e. The molecule has 0 spiro atoms. The molecule has 10 rings (SSSR count). The zero-order valence-electron chi connectivity index (χ0n) is 30.6. The molecule has 0 atom stereocenters. The van der Waals surface area contributed by atoms with Crippen LogP contribution in [0.4, 0.5) is 0 Å². The molecule has 8 heteroatoms. The number of nitrogens with zero attached hydrogens (tertiary/aromatic N) is 8. The second-order valence-electron chi connectivity index (χ2n) is 13.9. The van der Waals surface area contributed by atoms with Crippen LogP contribution in [0.5, 0.6) is 0 Å². The molecule has 3 aromatic heterocycles. The Labute approximate surface area is 332 Å². The Kier molecular flexibility index (Phi) is 7.84. The molecule has 0 saturated carbocycles. The average molecular weight is 739 g/mol. The van der Waals surface area contributed by atoms with Gasteiger partial charge in [0.25, 0.3) is 0 Å². The summed E-state index contributed by atoms with van der Waals surface area (Å²) in [4.78, 5) is 9.84. The molecule has 0 unspecified atom stereocenters. The van der Waals surface area contributed by atoms with Crippen molar-refractivity contribution in [3.05, 3.63) is 180 Å². The molecule has 266 valence electrons. The Morgan fingerprint density at radius 1 is 0.379 bits per heavy atom. The van der Waals surface area contributed by atoms with E-state index in [0.717, 1.165) is 60.5 Å². The van der Waals surface area contributed by atoms with Gasteiger partial charge >= 0.3 is 0 Å². The van der Waals surface area contributed by atoms with Gasteiger partial charge in [-0.05, 0) is 97.1 Å². The molecule has 0 aliphatic heterocycles. The summed E-state index contributed by atoms with van der Waals surface area (Å²) in [5, 5.41) is 43.2. The molecular weight excluding hydrogens is 713 g/mol. The molecule has 3 heterocycles. The van der Waals surface area contributed by atoms with Crippen molar-refractivity contribution >= 4 is 43.6 Å². The normalized spacial score (nSPS) is 11.0. The predicted octanol–water partition coefficient (Wildman–Crippen LogP) is 11.2. The number of rotatable bonds is 5. The Balaban J connectivity index is 1.12. The fraction of sp³-hybridized carbons (Fsp3) is 0. The van der Waals surface area contributed by atoms with E-state index in [2.05, 4.69) is 75.9 Å². The quantitative estimate of drug-likeness (QED) is 0.173. The monoisotopic (exact) mass is 738 g/mol. The number of nitriles is 4. The molecule has 10 aromatic rings. The van der Waals surface area contributed by atoms with Crippen LogP contribution in [-0.2, 0) is 0 Å². The van der Waals surface area contributed by atoms with Crippen LogP contribution in [0.2, 0.25) is 0 Å². The van der Waals surface area contributed by atoms with E-state index in [9.17, 15) is 21.0 Å². The second-order valence-corrected chi connectivity index (χ2v) is 13.9. The summed E-state index contributed by atoms with van der Waals surface area (Å²) in [7, 11) is 0. The van der Waals surface area contributed by atoms with Gasteiger partial charge in [0.15, 0.2) is 5.82 Å². The van der Waals surface area contributed by atoms with Crippen molar-refractivity contribution < 1.29 is 0 Å². The lowest BCUT2D eigenvalue weighted by Gasteiger charge is -2.12. The Bertz CT molecular complexity index is 3360. The molecule has 7 aromatic carbocycles. The van der Waals surface area contributed by atoms with Gasteiger partial charge in [-0.15, -0.1) is 0 Å².